The number of aromatic nitrogens is 2. The first kappa shape index (κ1) is 11.7. The number of nitrogens with one attached hydrogen (secondary N) is 1. The molecule has 0 bridgehead atoms. The van der Waals surface area contributed by atoms with Gasteiger partial charge in [0.25, 0.3) is 0 Å². The van der Waals surface area contributed by atoms with E-state index in [4.69, 9.17) is 10.5 Å². The molecule has 1 aliphatic carbocycles. The average molecular weight is 264 g/mol. The van der Waals surface area contributed by atoms with E-state index in [0.29, 0.717) is 12.6 Å². The predicted octanol–water partition coefficient (Wildman–Crippen LogP) is 2.11. The molecule has 5 nitrogen and oxygen atoms in total. The van der Waals surface area contributed by atoms with E-state index in [0.717, 1.165) is 35.1 Å². The molecule has 1 saturated carbocycles. The molecular weight excluding hydrogens is 248 g/mol. The standard InChI is InChI=1S/C12H16N4OS/c13-12-15-10(9-3-6-18-11(9)16-12)14-4-5-17-7-8-1-2-8/h3,6,8H,1-2,4-5,7H2,(H3,13,14,15,16). The second kappa shape index (κ2) is 5.07. The number of nitrogens with zero attached hydrogens (tertiary/aromatic N) is 2. The Morgan fingerprint density at radius 2 is 2.33 bits per heavy atom. The molecule has 18 heavy (non-hydrogen) atoms. The van der Waals surface area contributed by atoms with E-state index < -0.39 is 0 Å². The minimum absolute atomic E-state index is 0.311. The van der Waals surface area contributed by atoms with Gasteiger partial charge >= 0.3 is 0 Å². The van der Waals surface area contributed by atoms with Crippen molar-refractivity contribution < 1.29 is 4.74 Å². The second-order valence-corrected chi connectivity index (χ2v) is 5.41. The molecule has 2 heterocycles. The van der Waals surface area contributed by atoms with Crippen LogP contribution in [0.5, 0.6) is 0 Å². The molecule has 6 heteroatoms. The highest BCUT2D eigenvalue weighted by molar-refractivity contribution is 7.16. The first-order valence-electron chi connectivity index (χ1n) is 6.15. The molecule has 0 radical (unpaired) electrons. The van der Waals surface area contributed by atoms with Crippen LogP contribution in [0.25, 0.3) is 10.2 Å². The second-order valence-electron chi connectivity index (χ2n) is 4.51. The highest BCUT2D eigenvalue weighted by atomic mass is 32.1. The summed E-state index contributed by atoms with van der Waals surface area (Å²) in [4.78, 5) is 9.33. The highest BCUT2D eigenvalue weighted by Gasteiger charge is 2.20. The smallest absolute Gasteiger partial charge is 0.223 e. The fourth-order valence-electron chi connectivity index (χ4n) is 1.78. The monoisotopic (exact) mass is 264 g/mol. The van der Waals surface area contributed by atoms with Gasteiger partial charge in [0.15, 0.2) is 0 Å². The lowest BCUT2D eigenvalue weighted by atomic mass is 10.4. The summed E-state index contributed by atoms with van der Waals surface area (Å²) in [5.74, 6) is 1.92. The number of thiophene rings is 1. The van der Waals surface area contributed by atoms with E-state index in [2.05, 4.69) is 15.3 Å². The molecule has 96 valence electrons. The molecule has 2 aromatic rings. The van der Waals surface area contributed by atoms with E-state index >= 15 is 0 Å². The van der Waals surface area contributed by atoms with Crippen molar-refractivity contribution in [1.29, 1.82) is 0 Å². The summed E-state index contributed by atoms with van der Waals surface area (Å²) in [6.45, 7) is 2.33. The van der Waals surface area contributed by atoms with E-state index in [9.17, 15) is 0 Å². The molecule has 0 spiro atoms. The van der Waals surface area contributed by atoms with Crippen molar-refractivity contribution in [3.63, 3.8) is 0 Å². The number of hydrogen-bond donors (Lipinski definition) is 2. The van der Waals surface area contributed by atoms with Crippen LogP contribution in [0.4, 0.5) is 11.8 Å². The normalized spacial score (nSPS) is 15.1. The molecule has 0 atom stereocenters. The number of nitrogen functional groups attached to an aromatic ring is 1. The first-order valence-corrected chi connectivity index (χ1v) is 7.03. The van der Waals surface area contributed by atoms with Crippen molar-refractivity contribution in [1.82, 2.24) is 9.97 Å². The van der Waals surface area contributed by atoms with Gasteiger partial charge in [-0.25, -0.2) is 4.98 Å². The van der Waals surface area contributed by atoms with Gasteiger partial charge in [0.05, 0.1) is 12.0 Å². The van der Waals surface area contributed by atoms with E-state index in [1.165, 1.54) is 12.8 Å². The fraction of sp³-hybridized carbons (Fsp3) is 0.500. The molecular formula is C12H16N4OS. The van der Waals surface area contributed by atoms with Crippen LogP contribution in [-0.2, 0) is 4.74 Å². The van der Waals surface area contributed by atoms with Gasteiger partial charge in [-0.05, 0) is 30.2 Å². The zero-order valence-electron chi connectivity index (χ0n) is 10.1. The molecule has 3 N–H and O–H groups in total. The van der Waals surface area contributed by atoms with Gasteiger partial charge < -0.3 is 15.8 Å². The number of anilines is 2. The summed E-state index contributed by atoms with van der Waals surface area (Å²) in [5, 5.41) is 6.28. The summed E-state index contributed by atoms with van der Waals surface area (Å²) >= 11 is 1.57. The third-order valence-electron chi connectivity index (χ3n) is 2.93. The molecule has 0 aliphatic heterocycles. The SMILES string of the molecule is Nc1nc(NCCOCC2CC2)c2ccsc2n1. The fourth-order valence-corrected chi connectivity index (χ4v) is 2.55. The Kier molecular flexibility index (Phi) is 3.29. The van der Waals surface area contributed by atoms with Crippen LogP contribution in [-0.4, -0.2) is 29.7 Å². The van der Waals surface area contributed by atoms with E-state index in [-0.39, 0.29) is 0 Å². The Balaban J connectivity index is 1.57. The Hall–Kier alpha value is -1.40. The maximum atomic E-state index is 5.68. The largest absolute Gasteiger partial charge is 0.379 e. The van der Waals surface area contributed by atoms with Crippen molar-refractivity contribution in [2.45, 2.75) is 12.8 Å². The van der Waals surface area contributed by atoms with Gasteiger partial charge in [-0.1, -0.05) is 0 Å². The molecule has 1 aliphatic rings. The van der Waals surface area contributed by atoms with Crippen LogP contribution >= 0.6 is 11.3 Å². The van der Waals surface area contributed by atoms with Crippen LogP contribution < -0.4 is 11.1 Å². The molecule has 0 aromatic carbocycles. The number of ether oxygens (including phenoxy) is 1. The highest BCUT2D eigenvalue weighted by Crippen LogP contribution is 2.28. The Morgan fingerprint density at radius 3 is 3.17 bits per heavy atom. The molecule has 2 aromatic heterocycles. The third kappa shape index (κ3) is 2.70. The lowest BCUT2D eigenvalue weighted by Crippen LogP contribution is -2.12. The van der Waals surface area contributed by atoms with Gasteiger partial charge in [-0.2, -0.15) is 4.98 Å². The topological polar surface area (TPSA) is 73.1 Å². The van der Waals surface area contributed by atoms with Crippen molar-refractivity contribution in [3.8, 4) is 0 Å². The number of fused-ring (bicyclic) bond motifs is 1. The van der Waals surface area contributed by atoms with Crippen LogP contribution in [0.3, 0.4) is 0 Å². The van der Waals surface area contributed by atoms with Gasteiger partial charge in [-0.15, -0.1) is 11.3 Å². The van der Waals surface area contributed by atoms with E-state index in [1.807, 2.05) is 11.4 Å². The number of rotatable bonds is 6. The summed E-state index contributed by atoms with van der Waals surface area (Å²) in [5.41, 5.74) is 5.68. The summed E-state index contributed by atoms with van der Waals surface area (Å²) in [7, 11) is 0. The van der Waals surface area contributed by atoms with Crippen LogP contribution in [0.1, 0.15) is 12.8 Å². The van der Waals surface area contributed by atoms with Crippen molar-refractivity contribution >= 4 is 33.3 Å². The lowest BCUT2D eigenvalue weighted by molar-refractivity contribution is 0.134. The Bertz CT molecular complexity index is 538. The average Bonchev–Trinajstić information content (AvgIpc) is 3.05. The maximum Gasteiger partial charge on any atom is 0.223 e. The van der Waals surface area contributed by atoms with Crippen molar-refractivity contribution in [2.24, 2.45) is 5.92 Å². The van der Waals surface area contributed by atoms with Crippen LogP contribution in [0.15, 0.2) is 11.4 Å². The summed E-state index contributed by atoms with van der Waals surface area (Å²) < 4.78 is 5.57. The van der Waals surface area contributed by atoms with Gasteiger partial charge in [0.1, 0.15) is 10.6 Å². The predicted molar refractivity (Wildman–Crippen MR) is 73.9 cm³/mol. The van der Waals surface area contributed by atoms with Crippen molar-refractivity contribution in [3.05, 3.63) is 11.4 Å². The first-order chi connectivity index (χ1) is 8.83. The molecule has 3 rings (SSSR count). The molecule has 0 unspecified atom stereocenters. The lowest BCUT2D eigenvalue weighted by Gasteiger charge is -2.07. The summed E-state index contributed by atoms with van der Waals surface area (Å²) in [6, 6.07) is 2.01. The van der Waals surface area contributed by atoms with Gasteiger partial charge in [0, 0.05) is 13.2 Å². The Morgan fingerprint density at radius 1 is 1.44 bits per heavy atom. The van der Waals surface area contributed by atoms with Crippen LogP contribution in [0.2, 0.25) is 0 Å². The Labute approximate surface area is 109 Å². The zero-order valence-corrected chi connectivity index (χ0v) is 10.9. The molecule has 0 saturated heterocycles. The van der Waals surface area contributed by atoms with Crippen LogP contribution in [0, 0.1) is 5.92 Å². The number of hydrogen-bond acceptors (Lipinski definition) is 6. The third-order valence-corrected chi connectivity index (χ3v) is 3.74. The van der Waals surface area contributed by atoms with Gasteiger partial charge in [0.2, 0.25) is 5.95 Å². The van der Waals surface area contributed by atoms with Crippen molar-refractivity contribution in [2.75, 3.05) is 30.8 Å². The summed E-state index contributed by atoms with van der Waals surface area (Å²) in [6.07, 6.45) is 2.65. The minimum Gasteiger partial charge on any atom is -0.379 e. The molecule has 0 amide bonds. The minimum atomic E-state index is 0.311. The number of nitrogens with two attached hydrogens (primary N) is 1. The quantitative estimate of drug-likeness (QED) is 0.782. The zero-order chi connectivity index (χ0) is 12.4. The van der Waals surface area contributed by atoms with E-state index in [1.54, 1.807) is 11.3 Å². The molecule has 1 fully saturated rings. The van der Waals surface area contributed by atoms with Gasteiger partial charge in [-0.3, -0.25) is 0 Å². The maximum absolute atomic E-state index is 5.68.